The predicted octanol–water partition coefficient (Wildman–Crippen LogP) is 2.99. The Morgan fingerprint density at radius 3 is 2.57 bits per heavy atom. The van der Waals surface area contributed by atoms with Gasteiger partial charge in [0, 0.05) is 19.8 Å². The number of hydrogen-bond donors (Lipinski definition) is 1. The Labute approximate surface area is 88.7 Å². The van der Waals surface area contributed by atoms with E-state index in [1.807, 2.05) is 0 Å². The summed E-state index contributed by atoms with van der Waals surface area (Å²) < 4.78 is 5.56. The first-order chi connectivity index (χ1) is 6.81. The third-order valence-corrected chi connectivity index (χ3v) is 2.40. The molecule has 0 aromatic rings. The van der Waals surface area contributed by atoms with E-state index >= 15 is 0 Å². The lowest BCUT2D eigenvalue weighted by Crippen LogP contribution is -2.07. The highest BCUT2D eigenvalue weighted by Gasteiger charge is 2.00. The maximum atomic E-state index is 8.64. The van der Waals surface area contributed by atoms with Crippen LogP contribution in [0.25, 0.3) is 0 Å². The lowest BCUT2D eigenvalue weighted by Gasteiger charge is -2.10. The highest BCUT2D eigenvalue weighted by atomic mass is 16.5. The average Bonchev–Trinajstić information content (AvgIpc) is 2.20. The van der Waals surface area contributed by atoms with Crippen LogP contribution >= 0.6 is 0 Å². The van der Waals surface area contributed by atoms with Gasteiger partial charge in [0.15, 0.2) is 0 Å². The fourth-order valence-electron chi connectivity index (χ4n) is 1.44. The van der Waals surface area contributed by atoms with Gasteiger partial charge in [-0.15, -0.1) is 0 Å². The summed E-state index contributed by atoms with van der Waals surface area (Å²) in [6, 6.07) is 0. The molecular weight excluding hydrogens is 176 g/mol. The highest BCUT2D eigenvalue weighted by Crippen LogP contribution is 2.06. The minimum absolute atomic E-state index is 0.306. The van der Waals surface area contributed by atoms with Crippen molar-refractivity contribution < 1.29 is 9.84 Å². The Balaban J connectivity index is 3.02. The fraction of sp³-hybridized carbons (Fsp3) is 1.00. The van der Waals surface area contributed by atoms with E-state index in [9.17, 15) is 0 Å². The number of aliphatic hydroxyl groups is 1. The summed E-state index contributed by atoms with van der Waals surface area (Å²) in [7, 11) is 0. The molecule has 0 fully saturated rings. The predicted molar refractivity (Wildman–Crippen MR) is 60.4 cm³/mol. The topological polar surface area (TPSA) is 29.5 Å². The van der Waals surface area contributed by atoms with Crippen LogP contribution in [0.4, 0.5) is 0 Å². The van der Waals surface area contributed by atoms with Crippen LogP contribution in [0.1, 0.15) is 52.4 Å². The fourth-order valence-corrected chi connectivity index (χ4v) is 1.44. The van der Waals surface area contributed by atoms with Crippen LogP contribution < -0.4 is 0 Å². The summed E-state index contributed by atoms with van der Waals surface area (Å²) in [5.74, 6) is 0.591. The molecule has 1 N–H and O–H groups in total. The number of ether oxygens (including phenoxy) is 1. The van der Waals surface area contributed by atoms with Crippen molar-refractivity contribution in [2.75, 3.05) is 19.8 Å². The summed E-state index contributed by atoms with van der Waals surface area (Å²) in [4.78, 5) is 0. The van der Waals surface area contributed by atoms with E-state index in [0.717, 1.165) is 26.1 Å². The van der Waals surface area contributed by atoms with Gasteiger partial charge in [0.1, 0.15) is 0 Å². The summed E-state index contributed by atoms with van der Waals surface area (Å²) in [6.45, 7) is 6.47. The third-order valence-electron chi connectivity index (χ3n) is 2.40. The van der Waals surface area contributed by atoms with Crippen LogP contribution in [0, 0.1) is 5.92 Å². The molecule has 0 aliphatic rings. The Bertz CT molecular complexity index is 104. The van der Waals surface area contributed by atoms with E-state index in [1.54, 1.807) is 0 Å². The molecule has 0 saturated carbocycles. The van der Waals surface area contributed by atoms with Crippen LogP contribution in [-0.2, 0) is 4.74 Å². The van der Waals surface area contributed by atoms with Gasteiger partial charge in [-0.1, -0.05) is 33.1 Å². The molecule has 0 amide bonds. The smallest absolute Gasteiger partial charge is 0.0491 e. The van der Waals surface area contributed by atoms with Crippen molar-refractivity contribution >= 4 is 0 Å². The van der Waals surface area contributed by atoms with Gasteiger partial charge in [0.25, 0.3) is 0 Å². The average molecular weight is 202 g/mol. The Morgan fingerprint density at radius 1 is 1.14 bits per heavy atom. The first-order valence-corrected chi connectivity index (χ1v) is 5.99. The molecule has 0 heterocycles. The van der Waals surface area contributed by atoms with Crippen molar-refractivity contribution in [3.63, 3.8) is 0 Å². The highest BCUT2D eigenvalue weighted by molar-refractivity contribution is 4.51. The van der Waals surface area contributed by atoms with E-state index in [1.165, 1.54) is 25.7 Å². The zero-order valence-electron chi connectivity index (χ0n) is 9.80. The third kappa shape index (κ3) is 10.0. The number of aliphatic hydroxyl groups excluding tert-OH is 1. The van der Waals surface area contributed by atoms with Crippen molar-refractivity contribution in [3.05, 3.63) is 0 Å². The molecule has 0 saturated heterocycles. The summed E-state index contributed by atoms with van der Waals surface area (Å²) in [5, 5.41) is 8.64. The molecule has 0 aromatic carbocycles. The molecule has 0 aliphatic carbocycles. The second-order valence-electron chi connectivity index (χ2n) is 4.11. The van der Waals surface area contributed by atoms with Gasteiger partial charge in [0.2, 0.25) is 0 Å². The van der Waals surface area contributed by atoms with Crippen LogP contribution in [0.3, 0.4) is 0 Å². The van der Waals surface area contributed by atoms with Gasteiger partial charge < -0.3 is 9.84 Å². The van der Waals surface area contributed by atoms with E-state index in [0.29, 0.717) is 12.5 Å². The number of hydrogen-bond acceptors (Lipinski definition) is 2. The van der Waals surface area contributed by atoms with E-state index in [2.05, 4.69) is 13.8 Å². The van der Waals surface area contributed by atoms with Gasteiger partial charge in [0.05, 0.1) is 0 Å². The molecule has 86 valence electrons. The van der Waals surface area contributed by atoms with Gasteiger partial charge in [-0.3, -0.25) is 0 Å². The van der Waals surface area contributed by atoms with Crippen molar-refractivity contribution in [2.24, 2.45) is 5.92 Å². The van der Waals surface area contributed by atoms with E-state index < -0.39 is 0 Å². The van der Waals surface area contributed by atoms with Crippen LogP contribution in [0.15, 0.2) is 0 Å². The molecule has 2 heteroatoms. The largest absolute Gasteiger partial charge is 0.396 e. The second kappa shape index (κ2) is 11.0. The van der Waals surface area contributed by atoms with Crippen LogP contribution in [0.5, 0.6) is 0 Å². The van der Waals surface area contributed by atoms with Gasteiger partial charge >= 0.3 is 0 Å². The zero-order chi connectivity index (χ0) is 10.6. The van der Waals surface area contributed by atoms with Crippen LogP contribution in [0.2, 0.25) is 0 Å². The first kappa shape index (κ1) is 13.9. The van der Waals surface area contributed by atoms with Crippen LogP contribution in [-0.4, -0.2) is 24.9 Å². The summed E-state index contributed by atoms with van der Waals surface area (Å²) >= 11 is 0. The molecule has 0 spiro atoms. The first-order valence-electron chi connectivity index (χ1n) is 5.99. The monoisotopic (exact) mass is 202 g/mol. The normalized spacial score (nSPS) is 13.1. The maximum absolute atomic E-state index is 8.64. The second-order valence-corrected chi connectivity index (χ2v) is 4.11. The molecule has 0 rings (SSSR count). The van der Waals surface area contributed by atoms with Crippen molar-refractivity contribution in [2.45, 2.75) is 52.4 Å². The molecule has 1 atom stereocenters. The minimum atomic E-state index is 0.306. The lowest BCUT2D eigenvalue weighted by atomic mass is 10.1. The van der Waals surface area contributed by atoms with Gasteiger partial charge in [-0.25, -0.2) is 0 Å². The maximum Gasteiger partial charge on any atom is 0.0491 e. The molecule has 0 aromatic heterocycles. The van der Waals surface area contributed by atoms with E-state index in [-0.39, 0.29) is 0 Å². The molecule has 0 radical (unpaired) electrons. The Morgan fingerprint density at radius 2 is 1.93 bits per heavy atom. The molecule has 2 nitrogen and oxygen atoms in total. The Kier molecular flexibility index (Phi) is 10.9. The molecule has 0 aliphatic heterocycles. The molecule has 14 heavy (non-hydrogen) atoms. The summed E-state index contributed by atoms with van der Waals surface area (Å²) in [5.41, 5.74) is 0. The summed E-state index contributed by atoms with van der Waals surface area (Å²) in [6.07, 6.45) is 7.07. The number of rotatable bonds is 10. The standard InChI is InChI=1S/C12H26O2/c1-3-4-5-6-10-14-11-12(2)8-7-9-13/h12-13H,3-11H2,1-2H3. The lowest BCUT2D eigenvalue weighted by molar-refractivity contribution is 0.0958. The Hall–Kier alpha value is -0.0800. The SMILES string of the molecule is CCCCCCOCC(C)CCCO. The van der Waals surface area contributed by atoms with E-state index in [4.69, 9.17) is 9.84 Å². The minimum Gasteiger partial charge on any atom is -0.396 e. The van der Waals surface area contributed by atoms with Gasteiger partial charge in [-0.05, 0) is 25.2 Å². The zero-order valence-corrected chi connectivity index (χ0v) is 9.80. The van der Waals surface area contributed by atoms with Crippen molar-refractivity contribution in [1.29, 1.82) is 0 Å². The number of unbranched alkanes of at least 4 members (excludes halogenated alkanes) is 3. The van der Waals surface area contributed by atoms with Crippen molar-refractivity contribution in [1.82, 2.24) is 0 Å². The molecule has 0 bridgehead atoms. The molecular formula is C12H26O2. The quantitative estimate of drug-likeness (QED) is 0.552. The van der Waals surface area contributed by atoms with Crippen molar-refractivity contribution in [3.8, 4) is 0 Å². The van der Waals surface area contributed by atoms with Gasteiger partial charge in [-0.2, -0.15) is 0 Å². The molecule has 1 unspecified atom stereocenters.